The number of carbonyl (C=O) groups is 2. The Morgan fingerprint density at radius 2 is 2.07 bits per heavy atom. The second-order valence-electron chi connectivity index (χ2n) is 5.60. The summed E-state index contributed by atoms with van der Waals surface area (Å²) in [5.41, 5.74) is 0.902. The Kier molecular flexibility index (Phi) is 4.46. The molecule has 0 aliphatic carbocycles. The fourth-order valence-corrected chi connectivity index (χ4v) is 3.88. The van der Waals surface area contributed by atoms with Gasteiger partial charge in [0.15, 0.2) is 17.6 Å². The van der Waals surface area contributed by atoms with Gasteiger partial charge in [0.25, 0.3) is 5.91 Å². The highest BCUT2D eigenvalue weighted by molar-refractivity contribution is 7.21. The lowest BCUT2D eigenvalue weighted by atomic mass is 10.2. The first-order chi connectivity index (χ1) is 13.0. The van der Waals surface area contributed by atoms with Gasteiger partial charge >= 0.3 is 5.97 Å². The molecule has 3 aromatic heterocycles. The minimum Gasteiger partial charge on any atom is -0.448 e. The Hall–Kier alpha value is -3.04. The minimum atomic E-state index is -1.05. The van der Waals surface area contributed by atoms with Crippen LogP contribution in [-0.2, 0) is 9.53 Å². The molecule has 3 heterocycles. The Labute approximate surface area is 161 Å². The number of nitrogens with one attached hydrogen (secondary N) is 2. The molecule has 8 nitrogen and oxygen atoms in total. The third kappa shape index (κ3) is 3.22. The maximum Gasteiger partial charge on any atom is 0.350 e. The lowest BCUT2D eigenvalue weighted by Gasteiger charge is -2.12. The Bertz CT molecular complexity index is 1170. The van der Waals surface area contributed by atoms with Crippen LogP contribution in [0.5, 0.6) is 0 Å². The van der Waals surface area contributed by atoms with Crippen molar-refractivity contribution in [3.8, 4) is 0 Å². The van der Waals surface area contributed by atoms with Crippen molar-refractivity contribution in [1.82, 2.24) is 19.9 Å². The number of H-pyrrole nitrogens is 1. The van der Waals surface area contributed by atoms with Gasteiger partial charge in [-0.3, -0.25) is 4.79 Å². The number of benzene rings is 1. The minimum absolute atomic E-state index is 0.255. The predicted molar refractivity (Wildman–Crippen MR) is 102 cm³/mol. The van der Waals surface area contributed by atoms with E-state index in [1.165, 1.54) is 30.9 Å². The molecule has 1 aromatic carbocycles. The smallest absolute Gasteiger partial charge is 0.350 e. The van der Waals surface area contributed by atoms with Crippen LogP contribution in [0.2, 0.25) is 5.02 Å². The summed E-state index contributed by atoms with van der Waals surface area (Å²) in [6.07, 6.45) is 1.68. The SMILES string of the molecule is C[C@@H](OC(=O)c1sc2ccccc2c1Cl)C(=O)Nc1ncnc2nc[nH]c12. The van der Waals surface area contributed by atoms with E-state index in [0.717, 1.165) is 10.1 Å². The van der Waals surface area contributed by atoms with Gasteiger partial charge in [-0.05, 0) is 13.0 Å². The van der Waals surface area contributed by atoms with Crippen molar-refractivity contribution < 1.29 is 14.3 Å². The van der Waals surface area contributed by atoms with Crippen LogP contribution < -0.4 is 5.32 Å². The van der Waals surface area contributed by atoms with Gasteiger partial charge in [0.1, 0.15) is 16.7 Å². The molecule has 10 heteroatoms. The molecule has 4 aromatic rings. The number of aromatic nitrogens is 4. The molecule has 0 bridgehead atoms. The summed E-state index contributed by atoms with van der Waals surface area (Å²) in [7, 11) is 0. The molecule has 0 saturated carbocycles. The number of aromatic amines is 1. The van der Waals surface area contributed by atoms with Gasteiger partial charge in [-0.1, -0.05) is 29.8 Å². The quantitative estimate of drug-likeness (QED) is 0.507. The molecule has 27 heavy (non-hydrogen) atoms. The fraction of sp³-hybridized carbons (Fsp3) is 0.118. The van der Waals surface area contributed by atoms with Gasteiger partial charge in [0.05, 0.1) is 11.3 Å². The first-order valence-corrected chi connectivity index (χ1v) is 9.07. The molecule has 0 unspecified atom stereocenters. The van der Waals surface area contributed by atoms with Crippen LogP contribution in [-0.4, -0.2) is 37.9 Å². The lowest BCUT2D eigenvalue weighted by Crippen LogP contribution is -2.30. The van der Waals surface area contributed by atoms with Gasteiger partial charge in [0.2, 0.25) is 0 Å². The summed E-state index contributed by atoms with van der Waals surface area (Å²) < 4.78 is 6.15. The molecule has 0 fully saturated rings. The summed E-state index contributed by atoms with van der Waals surface area (Å²) >= 11 is 7.50. The number of carbonyl (C=O) groups excluding carboxylic acids is 2. The van der Waals surface area contributed by atoms with E-state index in [1.807, 2.05) is 24.3 Å². The average Bonchev–Trinajstić information content (AvgIpc) is 3.27. The van der Waals surface area contributed by atoms with E-state index < -0.39 is 18.0 Å². The third-order valence-electron chi connectivity index (χ3n) is 3.84. The third-order valence-corrected chi connectivity index (χ3v) is 5.49. The van der Waals surface area contributed by atoms with E-state index in [4.69, 9.17) is 16.3 Å². The first-order valence-electron chi connectivity index (χ1n) is 7.87. The zero-order valence-electron chi connectivity index (χ0n) is 13.9. The first kappa shape index (κ1) is 17.4. The average molecular weight is 402 g/mol. The van der Waals surface area contributed by atoms with Crippen molar-refractivity contribution in [2.75, 3.05) is 5.32 Å². The number of hydrogen-bond acceptors (Lipinski definition) is 7. The Balaban J connectivity index is 1.50. The topological polar surface area (TPSA) is 110 Å². The summed E-state index contributed by atoms with van der Waals surface area (Å²) in [6.45, 7) is 1.47. The van der Waals surface area contributed by atoms with Gasteiger partial charge in [-0.2, -0.15) is 0 Å². The second-order valence-corrected chi connectivity index (χ2v) is 7.03. The maximum atomic E-state index is 12.5. The largest absolute Gasteiger partial charge is 0.448 e. The van der Waals surface area contributed by atoms with Crippen LogP contribution in [0.3, 0.4) is 0 Å². The molecule has 2 N–H and O–H groups in total. The molecule has 0 aliphatic heterocycles. The molecular weight excluding hydrogens is 390 g/mol. The Morgan fingerprint density at radius 3 is 2.89 bits per heavy atom. The van der Waals surface area contributed by atoms with E-state index in [9.17, 15) is 9.59 Å². The lowest BCUT2D eigenvalue weighted by molar-refractivity contribution is -0.123. The molecule has 0 aliphatic rings. The fourth-order valence-electron chi connectivity index (χ4n) is 2.49. The highest BCUT2D eigenvalue weighted by atomic mass is 35.5. The van der Waals surface area contributed by atoms with Crippen molar-refractivity contribution in [3.05, 3.63) is 46.8 Å². The molecular formula is C17H12ClN5O3S. The van der Waals surface area contributed by atoms with Crippen LogP contribution in [0.15, 0.2) is 36.9 Å². The van der Waals surface area contributed by atoms with Gasteiger partial charge in [0, 0.05) is 10.1 Å². The second kappa shape index (κ2) is 6.93. The van der Waals surface area contributed by atoms with Gasteiger partial charge < -0.3 is 15.0 Å². The Morgan fingerprint density at radius 1 is 1.26 bits per heavy atom. The summed E-state index contributed by atoms with van der Waals surface area (Å²) in [5, 5.41) is 3.70. The number of amides is 1. The number of fused-ring (bicyclic) bond motifs is 2. The molecule has 1 amide bonds. The molecule has 4 rings (SSSR count). The number of thiophene rings is 1. The standard InChI is InChI=1S/C17H12ClN5O3S/c1-8(16(24)23-15-12-14(20-6-19-12)21-7-22-15)26-17(25)13-11(18)9-4-2-3-5-10(9)27-13/h2-8H,1H3,(H2,19,20,21,22,23,24)/t8-/m1/s1. The maximum absolute atomic E-state index is 12.5. The zero-order valence-corrected chi connectivity index (χ0v) is 15.5. The number of imidazole rings is 1. The van der Waals surface area contributed by atoms with Crippen molar-refractivity contribution in [3.63, 3.8) is 0 Å². The van der Waals surface area contributed by atoms with Crippen molar-refractivity contribution in [2.24, 2.45) is 0 Å². The number of halogens is 1. The van der Waals surface area contributed by atoms with E-state index in [2.05, 4.69) is 25.3 Å². The summed E-state index contributed by atoms with van der Waals surface area (Å²) in [5.74, 6) is -0.932. The van der Waals surface area contributed by atoms with Crippen LogP contribution in [0.25, 0.3) is 21.3 Å². The van der Waals surface area contributed by atoms with E-state index in [1.54, 1.807) is 0 Å². The van der Waals surface area contributed by atoms with E-state index >= 15 is 0 Å². The zero-order chi connectivity index (χ0) is 19.0. The highest BCUT2D eigenvalue weighted by Gasteiger charge is 2.24. The monoisotopic (exact) mass is 401 g/mol. The predicted octanol–water partition coefficient (Wildman–Crippen LogP) is 3.41. The van der Waals surface area contributed by atoms with Gasteiger partial charge in [-0.15, -0.1) is 11.3 Å². The van der Waals surface area contributed by atoms with E-state index in [0.29, 0.717) is 16.2 Å². The number of rotatable bonds is 4. The molecule has 0 saturated heterocycles. The van der Waals surface area contributed by atoms with Crippen LogP contribution >= 0.6 is 22.9 Å². The number of anilines is 1. The summed E-state index contributed by atoms with van der Waals surface area (Å²) in [6, 6.07) is 7.39. The molecule has 136 valence electrons. The van der Waals surface area contributed by atoms with Gasteiger partial charge in [-0.25, -0.2) is 19.7 Å². The molecule has 0 spiro atoms. The van der Waals surface area contributed by atoms with Crippen LogP contribution in [0, 0.1) is 0 Å². The molecule has 0 radical (unpaired) electrons. The van der Waals surface area contributed by atoms with Crippen LogP contribution in [0.1, 0.15) is 16.6 Å². The number of hydrogen-bond donors (Lipinski definition) is 2. The van der Waals surface area contributed by atoms with Crippen molar-refractivity contribution in [2.45, 2.75) is 13.0 Å². The number of ether oxygens (including phenoxy) is 1. The van der Waals surface area contributed by atoms with Crippen molar-refractivity contribution >= 4 is 61.9 Å². The number of esters is 1. The molecule has 1 atom stereocenters. The normalized spacial score (nSPS) is 12.2. The van der Waals surface area contributed by atoms with E-state index in [-0.39, 0.29) is 10.7 Å². The number of nitrogens with zero attached hydrogens (tertiary/aromatic N) is 3. The highest BCUT2D eigenvalue weighted by Crippen LogP contribution is 2.35. The van der Waals surface area contributed by atoms with Crippen molar-refractivity contribution in [1.29, 1.82) is 0 Å². The summed E-state index contributed by atoms with van der Waals surface area (Å²) in [4.78, 5) is 39.9. The van der Waals surface area contributed by atoms with Crippen LogP contribution in [0.4, 0.5) is 5.82 Å².